The number of carbonyl (C=O) groups is 2. The summed E-state index contributed by atoms with van der Waals surface area (Å²) in [6.45, 7) is 0. The molecule has 1 amide bonds. The first kappa shape index (κ1) is 17.2. The van der Waals surface area contributed by atoms with Gasteiger partial charge in [0.05, 0.1) is 7.11 Å². The lowest BCUT2D eigenvalue weighted by Crippen LogP contribution is -2.49. The average molecular weight is 377 g/mol. The highest BCUT2D eigenvalue weighted by atomic mass is 79.9. The summed E-state index contributed by atoms with van der Waals surface area (Å²) in [6, 6.07) is 15.6. The molecule has 0 aliphatic carbocycles. The third kappa shape index (κ3) is 4.91. The Bertz CT molecular complexity index is 677. The highest BCUT2D eigenvalue weighted by Crippen LogP contribution is 2.17. The third-order valence-corrected chi connectivity index (χ3v) is 4.04. The Morgan fingerprint density at radius 1 is 1.09 bits per heavy atom. The summed E-state index contributed by atoms with van der Waals surface area (Å²) in [6.07, 6.45) is 0.378. The van der Waals surface area contributed by atoms with Crippen LogP contribution in [0.4, 0.5) is 0 Å². The van der Waals surface area contributed by atoms with Crippen LogP contribution >= 0.6 is 15.9 Å². The van der Waals surface area contributed by atoms with Crippen LogP contribution in [0.3, 0.4) is 0 Å². The van der Waals surface area contributed by atoms with Crippen LogP contribution in [0.2, 0.25) is 0 Å². The summed E-state index contributed by atoms with van der Waals surface area (Å²) in [5, 5.41) is 0. The lowest BCUT2D eigenvalue weighted by atomic mass is 10.1. The summed E-state index contributed by atoms with van der Waals surface area (Å²) in [4.78, 5) is 24.0. The lowest BCUT2D eigenvalue weighted by molar-refractivity contribution is -0.143. The minimum atomic E-state index is -0.689. The Kier molecular flexibility index (Phi) is 6.31. The van der Waals surface area contributed by atoms with Gasteiger partial charge in [-0.2, -0.15) is 0 Å². The number of esters is 1. The maximum atomic E-state index is 12.0. The largest absolute Gasteiger partial charge is 0.468 e. The van der Waals surface area contributed by atoms with Gasteiger partial charge in [0.15, 0.2) is 0 Å². The van der Waals surface area contributed by atoms with E-state index in [0.717, 1.165) is 10.0 Å². The van der Waals surface area contributed by atoms with Crippen LogP contribution in [0.1, 0.15) is 15.9 Å². The molecule has 0 unspecified atom stereocenters. The molecule has 0 fully saturated rings. The number of halogens is 1. The molecule has 2 aromatic rings. The van der Waals surface area contributed by atoms with Gasteiger partial charge in [-0.1, -0.05) is 52.3 Å². The van der Waals surface area contributed by atoms with Crippen LogP contribution in [-0.2, 0) is 16.0 Å². The van der Waals surface area contributed by atoms with Gasteiger partial charge in [-0.3, -0.25) is 15.0 Å². The number of hydrogen-bond acceptors (Lipinski definition) is 4. The minimum absolute atomic E-state index is 0.313. The quantitative estimate of drug-likeness (QED) is 0.600. The molecule has 0 saturated heterocycles. The van der Waals surface area contributed by atoms with Gasteiger partial charge in [-0.25, -0.2) is 5.43 Å². The van der Waals surface area contributed by atoms with Crippen molar-refractivity contribution in [1.82, 2.24) is 10.9 Å². The molecule has 0 bridgehead atoms. The molecule has 23 heavy (non-hydrogen) atoms. The molecule has 5 nitrogen and oxygen atoms in total. The van der Waals surface area contributed by atoms with Crippen molar-refractivity contribution in [3.05, 3.63) is 70.2 Å². The van der Waals surface area contributed by atoms with Crippen LogP contribution in [-0.4, -0.2) is 25.0 Å². The van der Waals surface area contributed by atoms with E-state index in [1.54, 1.807) is 24.3 Å². The molecule has 0 saturated carbocycles. The second-order valence-corrected chi connectivity index (χ2v) is 5.69. The summed E-state index contributed by atoms with van der Waals surface area (Å²) in [5.74, 6) is -0.763. The number of benzene rings is 2. The molecule has 0 spiro atoms. The molecule has 2 aromatic carbocycles. The molecule has 0 aliphatic rings. The highest BCUT2D eigenvalue weighted by molar-refractivity contribution is 9.10. The van der Waals surface area contributed by atoms with Crippen molar-refractivity contribution in [3.8, 4) is 0 Å². The van der Waals surface area contributed by atoms with Gasteiger partial charge < -0.3 is 4.74 Å². The van der Waals surface area contributed by atoms with Gasteiger partial charge >= 0.3 is 5.97 Å². The van der Waals surface area contributed by atoms with Crippen molar-refractivity contribution in [3.63, 3.8) is 0 Å². The fourth-order valence-electron chi connectivity index (χ4n) is 2.03. The molecule has 0 radical (unpaired) electrons. The Hall–Kier alpha value is -2.18. The van der Waals surface area contributed by atoms with Crippen molar-refractivity contribution in [2.24, 2.45) is 0 Å². The molecule has 0 aliphatic heterocycles. The lowest BCUT2D eigenvalue weighted by Gasteiger charge is -2.18. The summed E-state index contributed by atoms with van der Waals surface area (Å²) >= 11 is 3.45. The van der Waals surface area contributed by atoms with Gasteiger partial charge in [0.25, 0.3) is 5.91 Å². The van der Waals surface area contributed by atoms with Crippen LogP contribution in [0.15, 0.2) is 59.1 Å². The molecule has 1 atom stereocenters. The highest BCUT2D eigenvalue weighted by Gasteiger charge is 2.21. The predicted molar refractivity (Wildman–Crippen MR) is 90.7 cm³/mol. The fourth-order valence-corrected chi connectivity index (χ4v) is 2.48. The Morgan fingerprint density at radius 2 is 1.74 bits per heavy atom. The Balaban J connectivity index is 2.03. The van der Waals surface area contributed by atoms with E-state index < -0.39 is 12.0 Å². The summed E-state index contributed by atoms with van der Waals surface area (Å²) in [7, 11) is 1.32. The van der Waals surface area contributed by atoms with Crippen LogP contribution in [0.5, 0.6) is 0 Å². The van der Waals surface area contributed by atoms with Crippen molar-refractivity contribution < 1.29 is 14.3 Å². The maximum absolute atomic E-state index is 12.0. The Labute approximate surface area is 143 Å². The van der Waals surface area contributed by atoms with Crippen molar-refractivity contribution in [1.29, 1.82) is 0 Å². The summed E-state index contributed by atoms with van der Waals surface area (Å²) in [5.41, 5.74) is 6.74. The number of rotatable bonds is 6. The van der Waals surface area contributed by atoms with Crippen molar-refractivity contribution in [2.75, 3.05) is 7.11 Å². The zero-order valence-corrected chi connectivity index (χ0v) is 14.2. The number of nitrogens with one attached hydrogen (secondary N) is 2. The SMILES string of the molecule is COC(=O)[C@@H](Cc1ccccc1Br)NNC(=O)c1ccccc1. The molecule has 0 heterocycles. The van der Waals surface area contributed by atoms with E-state index in [1.165, 1.54) is 7.11 Å². The number of methoxy groups -OCH3 is 1. The molecular weight excluding hydrogens is 360 g/mol. The van der Waals surface area contributed by atoms with Gasteiger partial charge in [0.2, 0.25) is 0 Å². The molecular formula is C17H17BrN2O3. The van der Waals surface area contributed by atoms with E-state index in [2.05, 4.69) is 26.8 Å². The second-order valence-electron chi connectivity index (χ2n) is 4.84. The first-order chi connectivity index (χ1) is 11.1. The zero-order chi connectivity index (χ0) is 16.7. The summed E-state index contributed by atoms with van der Waals surface area (Å²) < 4.78 is 5.69. The average Bonchev–Trinajstić information content (AvgIpc) is 2.60. The van der Waals surface area contributed by atoms with Gasteiger partial charge in [-0.15, -0.1) is 0 Å². The number of ether oxygens (including phenoxy) is 1. The minimum Gasteiger partial charge on any atom is -0.468 e. The second kappa shape index (κ2) is 8.45. The number of amides is 1. The molecule has 6 heteroatoms. The zero-order valence-electron chi connectivity index (χ0n) is 12.6. The van der Waals surface area contributed by atoms with Crippen LogP contribution in [0.25, 0.3) is 0 Å². The predicted octanol–water partition coefficient (Wildman–Crippen LogP) is 2.47. The van der Waals surface area contributed by atoms with E-state index in [0.29, 0.717) is 12.0 Å². The third-order valence-electron chi connectivity index (χ3n) is 3.26. The number of hydrogen-bond donors (Lipinski definition) is 2. The van der Waals surface area contributed by atoms with Crippen LogP contribution in [0, 0.1) is 0 Å². The molecule has 120 valence electrons. The van der Waals surface area contributed by atoms with E-state index >= 15 is 0 Å². The van der Waals surface area contributed by atoms with Crippen molar-refractivity contribution in [2.45, 2.75) is 12.5 Å². The first-order valence-corrected chi connectivity index (χ1v) is 7.83. The number of hydrazine groups is 1. The standard InChI is InChI=1S/C17H17BrN2O3/c1-23-17(22)15(11-13-9-5-6-10-14(13)18)19-20-16(21)12-7-3-2-4-8-12/h2-10,15,19H,11H2,1H3,(H,20,21)/t15-/m1/s1. The van der Waals surface area contributed by atoms with Gasteiger partial charge in [0.1, 0.15) is 6.04 Å². The van der Waals surface area contributed by atoms with E-state index in [1.807, 2.05) is 30.3 Å². The van der Waals surface area contributed by atoms with Gasteiger partial charge in [0, 0.05) is 16.5 Å². The smallest absolute Gasteiger partial charge is 0.325 e. The fraction of sp³-hybridized carbons (Fsp3) is 0.176. The molecule has 2 rings (SSSR count). The molecule has 2 N–H and O–H groups in total. The maximum Gasteiger partial charge on any atom is 0.325 e. The van der Waals surface area contributed by atoms with E-state index in [9.17, 15) is 9.59 Å². The monoisotopic (exact) mass is 376 g/mol. The van der Waals surface area contributed by atoms with Gasteiger partial charge in [-0.05, 0) is 23.8 Å². The normalized spacial score (nSPS) is 11.6. The Morgan fingerprint density at radius 3 is 2.39 bits per heavy atom. The first-order valence-electron chi connectivity index (χ1n) is 7.04. The number of carbonyl (C=O) groups excluding carboxylic acids is 2. The van der Waals surface area contributed by atoms with Crippen LogP contribution < -0.4 is 10.9 Å². The topological polar surface area (TPSA) is 67.4 Å². The van der Waals surface area contributed by atoms with E-state index in [-0.39, 0.29) is 5.91 Å². The van der Waals surface area contributed by atoms with Crippen molar-refractivity contribution >= 4 is 27.8 Å². The van der Waals surface area contributed by atoms with E-state index in [4.69, 9.17) is 4.74 Å². The molecule has 0 aromatic heterocycles.